The van der Waals surface area contributed by atoms with Crippen molar-refractivity contribution in [2.45, 2.75) is 181 Å². The molecule has 39 heavy (non-hydrogen) atoms. The van der Waals surface area contributed by atoms with Gasteiger partial charge < -0.3 is 14.2 Å². The van der Waals surface area contributed by atoms with Crippen molar-refractivity contribution in [3.05, 3.63) is 0 Å². The summed E-state index contributed by atoms with van der Waals surface area (Å²) in [6.45, 7) is 6.45. The molecule has 230 valence electrons. The molecule has 0 aliphatic heterocycles. The van der Waals surface area contributed by atoms with E-state index in [1.54, 1.807) is 0 Å². The van der Waals surface area contributed by atoms with Gasteiger partial charge in [0, 0.05) is 19.3 Å². The molecule has 6 heteroatoms. The van der Waals surface area contributed by atoms with Gasteiger partial charge in [-0.05, 0) is 19.3 Å². The first kappa shape index (κ1) is 37.4. The van der Waals surface area contributed by atoms with Gasteiger partial charge in [0.05, 0.1) is 0 Å². The molecule has 0 amide bonds. The molecule has 0 spiro atoms. The monoisotopic (exact) mass is 554 g/mol. The number of rotatable bonds is 29. The van der Waals surface area contributed by atoms with Crippen LogP contribution >= 0.6 is 0 Å². The van der Waals surface area contributed by atoms with Crippen molar-refractivity contribution in [2.75, 3.05) is 13.2 Å². The Labute approximate surface area is 240 Å². The van der Waals surface area contributed by atoms with E-state index in [4.69, 9.17) is 14.2 Å². The second-order valence-electron chi connectivity index (χ2n) is 11.1. The number of esters is 3. The van der Waals surface area contributed by atoms with Crippen LogP contribution in [0.25, 0.3) is 0 Å². The zero-order valence-corrected chi connectivity index (χ0v) is 25.9. The van der Waals surface area contributed by atoms with Crippen LogP contribution in [-0.4, -0.2) is 37.2 Å². The number of unbranched alkanes of at least 4 members (excludes halogenated alkanes) is 18. The Kier molecular flexibility index (Phi) is 28.2. The highest BCUT2D eigenvalue weighted by Gasteiger charge is 2.19. The van der Waals surface area contributed by atoms with E-state index in [0.29, 0.717) is 19.3 Å². The predicted octanol–water partition coefficient (Wildman–Crippen LogP) is 9.41. The van der Waals surface area contributed by atoms with E-state index >= 15 is 0 Å². The van der Waals surface area contributed by atoms with Gasteiger partial charge in [0.1, 0.15) is 13.2 Å². The summed E-state index contributed by atoms with van der Waals surface area (Å²) in [5.41, 5.74) is 0. The fourth-order valence-electron chi connectivity index (χ4n) is 4.56. The second kappa shape index (κ2) is 29.4. The molecule has 0 unspecified atom stereocenters. The van der Waals surface area contributed by atoms with Gasteiger partial charge in [0.15, 0.2) is 6.10 Å². The topological polar surface area (TPSA) is 78.9 Å². The van der Waals surface area contributed by atoms with E-state index in [2.05, 4.69) is 20.8 Å². The number of carbonyl (C=O) groups excluding carboxylic acids is 3. The van der Waals surface area contributed by atoms with Gasteiger partial charge in [-0.2, -0.15) is 0 Å². The average molecular weight is 555 g/mol. The van der Waals surface area contributed by atoms with E-state index in [9.17, 15) is 14.4 Å². The zero-order chi connectivity index (χ0) is 28.8. The minimum Gasteiger partial charge on any atom is -0.462 e. The van der Waals surface area contributed by atoms with Crippen LogP contribution in [0.3, 0.4) is 0 Å². The van der Waals surface area contributed by atoms with Gasteiger partial charge in [-0.25, -0.2) is 0 Å². The van der Waals surface area contributed by atoms with Gasteiger partial charge in [-0.1, -0.05) is 136 Å². The van der Waals surface area contributed by atoms with Crippen LogP contribution in [-0.2, 0) is 28.6 Å². The minimum atomic E-state index is -0.752. The summed E-state index contributed by atoms with van der Waals surface area (Å²) in [4.78, 5) is 36.8. The second-order valence-corrected chi connectivity index (χ2v) is 11.1. The van der Waals surface area contributed by atoms with Crippen molar-refractivity contribution in [2.24, 2.45) is 0 Å². The van der Waals surface area contributed by atoms with Crippen molar-refractivity contribution in [1.82, 2.24) is 0 Å². The van der Waals surface area contributed by atoms with Crippen LogP contribution in [0.1, 0.15) is 175 Å². The van der Waals surface area contributed by atoms with Crippen molar-refractivity contribution < 1.29 is 28.6 Å². The first-order valence-electron chi connectivity index (χ1n) is 16.5. The fraction of sp³-hybridized carbons (Fsp3) is 0.909. The highest BCUT2D eigenvalue weighted by Crippen LogP contribution is 2.12. The third-order valence-corrected chi connectivity index (χ3v) is 7.11. The summed E-state index contributed by atoms with van der Waals surface area (Å²) in [6, 6.07) is 0. The Hall–Kier alpha value is -1.59. The van der Waals surface area contributed by atoms with Crippen LogP contribution in [0.15, 0.2) is 0 Å². The molecule has 6 nitrogen and oxygen atoms in total. The lowest BCUT2D eigenvalue weighted by molar-refractivity contribution is -0.167. The van der Waals surface area contributed by atoms with Crippen LogP contribution in [0.2, 0.25) is 0 Å². The largest absolute Gasteiger partial charge is 0.462 e. The number of ether oxygens (including phenoxy) is 3. The molecule has 0 saturated heterocycles. The molecule has 0 saturated carbocycles. The maximum atomic E-state index is 12.3. The van der Waals surface area contributed by atoms with E-state index in [1.807, 2.05) is 0 Å². The quantitative estimate of drug-likeness (QED) is 0.0520. The van der Waals surface area contributed by atoms with Crippen molar-refractivity contribution in [3.63, 3.8) is 0 Å². The van der Waals surface area contributed by atoms with Crippen LogP contribution in [0.4, 0.5) is 0 Å². The van der Waals surface area contributed by atoms with Crippen molar-refractivity contribution in [3.8, 4) is 0 Å². The highest BCUT2D eigenvalue weighted by atomic mass is 16.6. The van der Waals surface area contributed by atoms with E-state index < -0.39 is 6.10 Å². The Morgan fingerprint density at radius 2 is 0.692 bits per heavy atom. The molecule has 0 aliphatic carbocycles. The van der Waals surface area contributed by atoms with Crippen LogP contribution in [0.5, 0.6) is 0 Å². The summed E-state index contributed by atoms with van der Waals surface area (Å²) in [6.07, 6.45) is 24.1. The maximum Gasteiger partial charge on any atom is 0.306 e. The molecule has 0 bridgehead atoms. The van der Waals surface area contributed by atoms with E-state index in [0.717, 1.165) is 64.2 Å². The molecule has 0 fully saturated rings. The molecule has 1 atom stereocenters. The van der Waals surface area contributed by atoms with Crippen molar-refractivity contribution in [1.29, 1.82) is 0 Å². The molecular weight excluding hydrogens is 492 g/mol. The Balaban J connectivity index is 4.30. The third-order valence-electron chi connectivity index (χ3n) is 7.11. The minimum absolute atomic E-state index is 0.0669. The lowest BCUT2D eigenvalue weighted by atomic mass is 10.1. The molecular formula is C33H62O6. The summed E-state index contributed by atoms with van der Waals surface area (Å²) >= 11 is 0. The molecule has 0 radical (unpaired) electrons. The van der Waals surface area contributed by atoms with Gasteiger partial charge in [0.25, 0.3) is 0 Å². The molecule has 0 N–H and O–H groups in total. The van der Waals surface area contributed by atoms with Crippen LogP contribution < -0.4 is 0 Å². The predicted molar refractivity (Wildman–Crippen MR) is 160 cm³/mol. The molecule has 0 aromatic carbocycles. The smallest absolute Gasteiger partial charge is 0.306 e. The van der Waals surface area contributed by atoms with Crippen LogP contribution in [0, 0.1) is 0 Å². The van der Waals surface area contributed by atoms with E-state index in [-0.39, 0.29) is 31.1 Å². The van der Waals surface area contributed by atoms with Gasteiger partial charge >= 0.3 is 17.9 Å². The molecule has 0 rings (SSSR count). The summed E-state index contributed by atoms with van der Waals surface area (Å²) in [5, 5.41) is 0. The molecule has 0 heterocycles. The average Bonchev–Trinajstić information content (AvgIpc) is 2.93. The Morgan fingerprint density at radius 1 is 0.410 bits per heavy atom. The number of hydrogen-bond donors (Lipinski definition) is 0. The Morgan fingerprint density at radius 3 is 1.03 bits per heavy atom. The van der Waals surface area contributed by atoms with Gasteiger partial charge in [-0.15, -0.1) is 0 Å². The maximum absolute atomic E-state index is 12.3. The zero-order valence-electron chi connectivity index (χ0n) is 25.9. The standard InChI is InChI=1S/C33H62O6/c1-4-7-10-13-15-16-18-21-23-26-32(35)38-29-30(39-33(36)27-24-19-12-9-6-3)28-37-31(34)25-22-20-17-14-11-8-5-2/h30H,4-29H2,1-3H3/t30-/m0/s1. The first-order valence-corrected chi connectivity index (χ1v) is 16.5. The number of hydrogen-bond acceptors (Lipinski definition) is 6. The highest BCUT2D eigenvalue weighted by molar-refractivity contribution is 5.71. The van der Waals surface area contributed by atoms with Crippen molar-refractivity contribution >= 4 is 17.9 Å². The number of carbonyl (C=O) groups is 3. The first-order chi connectivity index (χ1) is 19.0. The molecule has 0 aliphatic rings. The lowest BCUT2D eigenvalue weighted by Gasteiger charge is -2.18. The van der Waals surface area contributed by atoms with Gasteiger partial charge in [-0.3, -0.25) is 14.4 Å². The molecule has 0 aromatic rings. The lowest BCUT2D eigenvalue weighted by Crippen LogP contribution is -2.30. The summed E-state index contributed by atoms with van der Waals surface area (Å²) in [7, 11) is 0. The Bertz CT molecular complexity index is 577. The SMILES string of the molecule is CCCCCCCCCCCC(=O)OC[C@H](COC(=O)CCCCCCCCC)OC(=O)CCCCCCC. The fourth-order valence-corrected chi connectivity index (χ4v) is 4.56. The van der Waals surface area contributed by atoms with Gasteiger partial charge in [0.2, 0.25) is 0 Å². The third kappa shape index (κ3) is 27.8. The summed E-state index contributed by atoms with van der Waals surface area (Å²) in [5.74, 6) is -0.896. The summed E-state index contributed by atoms with van der Waals surface area (Å²) < 4.78 is 16.3. The molecule has 0 aromatic heterocycles. The normalized spacial score (nSPS) is 11.8. The van der Waals surface area contributed by atoms with E-state index in [1.165, 1.54) is 70.6 Å².